The average Bonchev–Trinajstić information content (AvgIpc) is 2.80. The number of hydrogen-bond donors (Lipinski definition) is 1. The molecule has 5 nitrogen and oxygen atoms in total. The van der Waals surface area contributed by atoms with Crippen LogP contribution < -0.4 is 0 Å². The zero-order chi connectivity index (χ0) is 13.8. The predicted octanol–water partition coefficient (Wildman–Crippen LogP) is 1.03. The van der Waals surface area contributed by atoms with E-state index in [1.54, 1.807) is 24.4 Å². The Balaban J connectivity index is 2.30. The van der Waals surface area contributed by atoms with E-state index in [2.05, 4.69) is 5.10 Å². The molecule has 2 aromatic rings. The molecule has 0 aliphatic rings. The van der Waals surface area contributed by atoms with Crippen LogP contribution in [0.1, 0.15) is 10.4 Å². The number of pyridine rings is 1. The number of hydrogen-bond acceptors (Lipinski definition) is 3. The van der Waals surface area contributed by atoms with Crippen LogP contribution in [0.3, 0.4) is 0 Å². The fraction of sp³-hybridized carbons (Fsp3) is 0.333. The Morgan fingerprint density at radius 3 is 2.95 bits per heavy atom. The van der Waals surface area contributed by atoms with Gasteiger partial charge in [-0.3, -0.25) is 4.79 Å². The zero-order valence-corrected chi connectivity index (χ0v) is 10.0. The van der Waals surface area contributed by atoms with Crippen LogP contribution in [0.5, 0.6) is 0 Å². The van der Waals surface area contributed by atoms with E-state index in [9.17, 15) is 13.6 Å². The van der Waals surface area contributed by atoms with Crippen LogP contribution in [0.15, 0.2) is 30.6 Å². The Hall–Kier alpha value is -2.02. The van der Waals surface area contributed by atoms with Crippen molar-refractivity contribution in [1.29, 1.82) is 0 Å². The SMILES string of the molecule is O=C(c1cnn2ccccc12)N(CCO)CC(F)F. The summed E-state index contributed by atoms with van der Waals surface area (Å²) in [6.45, 7) is -1.20. The summed E-state index contributed by atoms with van der Waals surface area (Å²) in [5, 5.41) is 12.8. The number of aliphatic hydroxyl groups excluding tert-OH is 1. The monoisotopic (exact) mass is 269 g/mol. The number of rotatable bonds is 5. The molecule has 1 amide bonds. The molecule has 1 N–H and O–H groups in total. The third-order valence-electron chi connectivity index (χ3n) is 2.67. The zero-order valence-electron chi connectivity index (χ0n) is 10.0. The number of alkyl halides is 2. The first-order valence-corrected chi connectivity index (χ1v) is 5.74. The van der Waals surface area contributed by atoms with Gasteiger partial charge in [0.15, 0.2) is 0 Å². The maximum absolute atomic E-state index is 12.4. The van der Waals surface area contributed by atoms with Gasteiger partial charge in [-0.05, 0) is 12.1 Å². The molecular weight excluding hydrogens is 256 g/mol. The normalized spacial score (nSPS) is 11.2. The van der Waals surface area contributed by atoms with Gasteiger partial charge in [-0.15, -0.1) is 0 Å². The van der Waals surface area contributed by atoms with Gasteiger partial charge in [-0.2, -0.15) is 5.10 Å². The first-order valence-electron chi connectivity index (χ1n) is 5.74. The van der Waals surface area contributed by atoms with Crippen molar-refractivity contribution in [2.45, 2.75) is 6.43 Å². The number of fused-ring (bicyclic) bond motifs is 1. The predicted molar refractivity (Wildman–Crippen MR) is 64.2 cm³/mol. The van der Waals surface area contributed by atoms with E-state index in [-0.39, 0.29) is 18.7 Å². The fourth-order valence-electron chi connectivity index (χ4n) is 1.83. The highest BCUT2D eigenvalue weighted by atomic mass is 19.3. The number of aliphatic hydroxyl groups is 1. The second kappa shape index (κ2) is 5.75. The van der Waals surface area contributed by atoms with Gasteiger partial charge in [0, 0.05) is 12.7 Å². The van der Waals surface area contributed by atoms with Gasteiger partial charge in [0.1, 0.15) is 0 Å². The summed E-state index contributed by atoms with van der Waals surface area (Å²) >= 11 is 0. The molecule has 0 radical (unpaired) electrons. The summed E-state index contributed by atoms with van der Waals surface area (Å²) in [5.41, 5.74) is 0.791. The highest BCUT2D eigenvalue weighted by Gasteiger charge is 2.22. The van der Waals surface area contributed by atoms with E-state index in [1.807, 2.05) is 0 Å². The number of nitrogens with zero attached hydrogens (tertiary/aromatic N) is 3. The quantitative estimate of drug-likeness (QED) is 0.882. The minimum atomic E-state index is -2.64. The summed E-state index contributed by atoms with van der Waals surface area (Å²) < 4.78 is 26.3. The molecule has 2 aromatic heterocycles. The smallest absolute Gasteiger partial charge is 0.257 e. The molecule has 102 valence electrons. The summed E-state index contributed by atoms with van der Waals surface area (Å²) in [4.78, 5) is 13.1. The number of aromatic nitrogens is 2. The molecule has 0 spiro atoms. The lowest BCUT2D eigenvalue weighted by atomic mass is 10.2. The van der Waals surface area contributed by atoms with Crippen molar-refractivity contribution in [2.24, 2.45) is 0 Å². The van der Waals surface area contributed by atoms with Gasteiger partial charge in [0.05, 0.1) is 30.4 Å². The molecule has 0 fully saturated rings. The van der Waals surface area contributed by atoms with Crippen LogP contribution in [0.4, 0.5) is 8.78 Å². The van der Waals surface area contributed by atoms with E-state index in [0.717, 1.165) is 4.90 Å². The van der Waals surface area contributed by atoms with Crippen molar-refractivity contribution in [2.75, 3.05) is 19.7 Å². The van der Waals surface area contributed by atoms with Crippen LogP contribution in [0.25, 0.3) is 5.52 Å². The van der Waals surface area contributed by atoms with Crippen molar-refractivity contribution < 1.29 is 18.7 Å². The molecule has 0 unspecified atom stereocenters. The Kier molecular flexibility index (Phi) is 4.06. The summed E-state index contributed by atoms with van der Waals surface area (Å²) in [6.07, 6.45) is 0.362. The van der Waals surface area contributed by atoms with Gasteiger partial charge in [0.25, 0.3) is 12.3 Å². The van der Waals surface area contributed by atoms with Crippen molar-refractivity contribution in [3.8, 4) is 0 Å². The van der Waals surface area contributed by atoms with Gasteiger partial charge in [0.2, 0.25) is 0 Å². The van der Waals surface area contributed by atoms with Crippen LogP contribution in [0.2, 0.25) is 0 Å². The summed E-state index contributed by atoms with van der Waals surface area (Å²) in [6, 6.07) is 5.16. The Morgan fingerprint density at radius 2 is 2.26 bits per heavy atom. The minimum absolute atomic E-state index is 0.132. The number of carbonyl (C=O) groups excluding carboxylic acids is 1. The molecule has 7 heteroatoms. The standard InChI is InChI=1S/C12H13F2N3O2/c13-11(14)8-16(5-6-18)12(19)9-7-15-17-4-2-1-3-10(9)17/h1-4,7,11,18H,5-6,8H2. The highest BCUT2D eigenvalue weighted by molar-refractivity contribution is 6.00. The Bertz CT molecular complexity index is 571. The number of amides is 1. The third kappa shape index (κ3) is 2.87. The largest absolute Gasteiger partial charge is 0.395 e. The lowest BCUT2D eigenvalue weighted by molar-refractivity contribution is 0.0511. The van der Waals surface area contributed by atoms with E-state index < -0.39 is 18.9 Å². The average molecular weight is 269 g/mol. The lowest BCUT2D eigenvalue weighted by Crippen LogP contribution is -2.37. The molecular formula is C12H13F2N3O2. The molecule has 0 bridgehead atoms. The highest BCUT2D eigenvalue weighted by Crippen LogP contribution is 2.13. The van der Waals surface area contributed by atoms with Crippen LogP contribution in [0, 0.1) is 0 Å². The Labute approximate surface area is 108 Å². The molecule has 0 saturated heterocycles. The molecule has 0 saturated carbocycles. The molecule has 2 heterocycles. The fourth-order valence-corrected chi connectivity index (χ4v) is 1.83. The Morgan fingerprint density at radius 1 is 1.47 bits per heavy atom. The van der Waals surface area contributed by atoms with Crippen molar-refractivity contribution in [1.82, 2.24) is 14.5 Å². The van der Waals surface area contributed by atoms with E-state index in [1.165, 1.54) is 10.7 Å². The molecule has 0 atom stereocenters. The molecule has 2 rings (SSSR count). The van der Waals surface area contributed by atoms with Crippen LogP contribution in [-0.4, -0.2) is 51.6 Å². The minimum Gasteiger partial charge on any atom is -0.395 e. The van der Waals surface area contributed by atoms with Crippen molar-refractivity contribution in [3.05, 3.63) is 36.2 Å². The van der Waals surface area contributed by atoms with Gasteiger partial charge in [-0.1, -0.05) is 6.07 Å². The van der Waals surface area contributed by atoms with Crippen molar-refractivity contribution in [3.63, 3.8) is 0 Å². The lowest BCUT2D eigenvalue weighted by Gasteiger charge is -2.20. The summed E-state index contributed by atoms with van der Waals surface area (Å²) in [5.74, 6) is -0.560. The maximum atomic E-state index is 12.4. The van der Waals surface area contributed by atoms with Crippen LogP contribution in [-0.2, 0) is 0 Å². The topological polar surface area (TPSA) is 57.8 Å². The van der Waals surface area contributed by atoms with Gasteiger partial charge < -0.3 is 10.0 Å². The van der Waals surface area contributed by atoms with E-state index in [4.69, 9.17) is 5.11 Å². The third-order valence-corrected chi connectivity index (χ3v) is 2.67. The van der Waals surface area contributed by atoms with E-state index in [0.29, 0.717) is 5.52 Å². The molecule has 19 heavy (non-hydrogen) atoms. The van der Waals surface area contributed by atoms with Gasteiger partial charge >= 0.3 is 0 Å². The van der Waals surface area contributed by atoms with E-state index >= 15 is 0 Å². The van der Waals surface area contributed by atoms with Gasteiger partial charge in [-0.25, -0.2) is 13.3 Å². The second-order valence-corrected chi connectivity index (χ2v) is 3.95. The van der Waals surface area contributed by atoms with Crippen LogP contribution >= 0.6 is 0 Å². The number of carbonyl (C=O) groups is 1. The second-order valence-electron chi connectivity index (χ2n) is 3.95. The summed E-state index contributed by atoms with van der Waals surface area (Å²) in [7, 11) is 0. The maximum Gasteiger partial charge on any atom is 0.257 e. The molecule has 0 aliphatic carbocycles. The first kappa shape index (κ1) is 13.4. The van der Waals surface area contributed by atoms with Crippen molar-refractivity contribution >= 4 is 11.4 Å². The first-order chi connectivity index (χ1) is 9.13. The molecule has 0 aliphatic heterocycles. The number of halogens is 2. The molecule has 0 aromatic carbocycles.